The van der Waals surface area contributed by atoms with Gasteiger partial charge in [-0.25, -0.2) is 0 Å². The Kier molecular flexibility index (Phi) is 37.2. The van der Waals surface area contributed by atoms with Crippen LogP contribution in [0.15, 0.2) is 78.9 Å². The van der Waals surface area contributed by atoms with Crippen molar-refractivity contribution in [1.82, 2.24) is 62.1 Å². The van der Waals surface area contributed by atoms with Crippen molar-refractivity contribution < 1.29 is 82.1 Å². The number of nitrogens with zero attached hydrogens (tertiary/aromatic N) is 4. The normalized spacial score (nSPS) is 17.7. The van der Waals surface area contributed by atoms with Gasteiger partial charge in [0.15, 0.2) is 0 Å². The van der Waals surface area contributed by atoms with E-state index in [4.69, 9.17) is 34.2 Å². The van der Waals surface area contributed by atoms with Crippen LogP contribution < -0.4 is 48.3 Å². The average molecular weight is 1400 g/mol. The van der Waals surface area contributed by atoms with E-state index in [1.54, 1.807) is 32.4 Å². The minimum Gasteiger partial charge on any atom is -0.506 e. The molecule has 1 atom stereocenters. The number of phenols is 3. The van der Waals surface area contributed by atoms with E-state index in [1.807, 2.05) is 14.7 Å². The number of methoxy groups -OCH3 is 2. The molecule has 0 saturated carbocycles. The number of unbranched alkanes of at least 4 members (excludes halogenated alkanes) is 1. The highest BCUT2D eigenvalue weighted by atomic mass is 16.5. The van der Waals surface area contributed by atoms with E-state index in [2.05, 4.69) is 47.4 Å². The molecule has 0 aromatic heterocycles. The summed E-state index contributed by atoms with van der Waals surface area (Å²) in [5, 5.41) is 57.4. The number of para-hydroxylation sites is 3. The quantitative estimate of drug-likeness (QED) is 0.0401. The average Bonchev–Trinajstić information content (AvgIpc) is 0.846. The van der Waals surface area contributed by atoms with E-state index in [1.165, 1.54) is 60.7 Å². The van der Waals surface area contributed by atoms with E-state index in [0.29, 0.717) is 144 Å². The summed E-state index contributed by atoms with van der Waals surface area (Å²) in [4.78, 5) is 118. The van der Waals surface area contributed by atoms with Crippen molar-refractivity contribution in [2.24, 2.45) is 11.7 Å². The largest absolute Gasteiger partial charge is 0.506 e. The summed E-state index contributed by atoms with van der Waals surface area (Å²) in [7, 11) is 3.17. The zero-order valence-electron chi connectivity index (χ0n) is 57.8. The van der Waals surface area contributed by atoms with Gasteiger partial charge in [0.2, 0.25) is 0 Å². The predicted octanol–water partition coefficient (Wildman–Crippen LogP) is 0.472. The van der Waals surface area contributed by atoms with Crippen LogP contribution in [0.2, 0.25) is 0 Å². The molecule has 2 aliphatic heterocycles. The Morgan fingerprint density at radius 1 is 0.370 bits per heavy atom. The fraction of sp³-hybridized carbons (Fsp3) is 0.543. The molecule has 6 rings (SSSR count). The van der Waals surface area contributed by atoms with Crippen LogP contribution in [-0.4, -0.2) is 300 Å². The van der Waals surface area contributed by atoms with Gasteiger partial charge in [-0.2, -0.15) is 0 Å². The van der Waals surface area contributed by atoms with E-state index >= 15 is 0 Å². The summed E-state index contributed by atoms with van der Waals surface area (Å²) in [6.45, 7) is 9.37. The third kappa shape index (κ3) is 28.3. The Labute approximate surface area is 585 Å². The number of hydrogen-bond acceptors (Lipinski definition) is 22. The molecular formula is C70H103N13O17. The van der Waals surface area contributed by atoms with Crippen LogP contribution in [0.5, 0.6) is 17.2 Å². The first-order chi connectivity index (χ1) is 48.6. The van der Waals surface area contributed by atoms with E-state index in [0.717, 1.165) is 12.8 Å². The van der Waals surface area contributed by atoms with Gasteiger partial charge >= 0.3 is 0 Å². The SMILES string of the molecule is COCCOCCOCCN1CCNC(=O)c2cccc(c2)C(=O)NCCN(CCN2CCNC(=O)c3cccc(c3O)C(=O)NCCN(CCOCCOCCOC)CCNC(=O)c3cccc(c3O)C(=O)NCCC(CCCCN)C2)CCNC(=O)c2cccc(c2O)C(=O)NCC1. The Bertz CT molecular complexity index is 3220. The van der Waals surface area contributed by atoms with Gasteiger partial charge in [0.05, 0.1) is 99.4 Å². The van der Waals surface area contributed by atoms with Crippen molar-refractivity contribution >= 4 is 47.3 Å². The lowest BCUT2D eigenvalue weighted by molar-refractivity contribution is 0.0196. The summed E-state index contributed by atoms with van der Waals surface area (Å²) in [6.07, 6.45) is 2.64. The second-order valence-electron chi connectivity index (χ2n) is 23.9. The molecule has 0 spiro atoms. The number of phenolic OH excluding ortho intramolecular Hbond substituents is 3. The summed E-state index contributed by atoms with van der Waals surface area (Å²) in [5.74, 6) is -6.11. The van der Waals surface area contributed by atoms with Crippen LogP contribution in [0.1, 0.15) is 109 Å². The van der Waals surface area contributed by atoms with Gasteiger partial charge in [0, 0.05) is 156 Å². The molecule has 8 bridgehead atoms. The van der Waals surface area contributed by atoms with Crippen molar-refractivity contribution in [2.45, 2.75) is 25.7 Å². The number of carbonyl (C=O) groups is 8. The fourth-order valence-corrected chi connectivity index (χ4v) is 11.2. The smallest absolute Gasteiger partial charge is 0.255 e. The summed E-state index contributed by atoms with van der Waals surface area (Å²) in [6, 6.07) is 19.4. The minimum atomic E-state index is -0.636. The van der Waals surface area contributed by atoms with Crippen molar-refractivity contribution in [2.75, 3.05) is 218 Å². The number of hydrogen-bond donors (Lipinski definition) is 12. The Balaban J connectivity index is 1.21. The number of nitrogens with two attached hydrogens (primary N) is 1. The maximum absolute atomic E-state index is 14.0. The molecule has 1 unspecified atom stereocenters. The maximum atomic E-state index is 14.0. The maximum Gasteiger partial charge on any atom is 0.255 e. The highest BCUT2D eigenvalue weighted by molar-refractivity contribution is 6.06. The Morgan fingerprint density at radius 2 is 0.660 bits per heavy atom. The van der Waals surface area contributed by atoms with Gasteiger partial charge in [0.25, 0.3) is 47.3 Å². The molecule has 100 heavy (non-hydrogen) atoms. The van der Waals surface area contributed by atoms with E-state index < -0.39 is 64.5 Å². The Hall–Kier alpha value is -8.40. The van der Waals surface area contributed by atoms with Crippen molar-refractivity contribution in [3.8, 4) is 17.2 Å². The number of ether oxygens (including phenoxy) is 6. The molecule has 0 saturated heterocycles. The molecule has 2 heterocycles. The molecule has 550 valence electrons. The van der Waals surface area contributed by atoms with Crippen LogP contribution >= 0.6 is 0 Å². The van der Waals surface area contributed by atoms with Crippen LogP contribution in [-0.2, 0) is 28.4 Å². The molecular weight excluding hydrogens is 1290 g/mol. The molecule has 8 amide bonds. The molecule has 4 aromatic carbocycles. The van der Waals surface area contributed by atoms with Gasteiger partial charge in [-0.15, -0.1) is 0 Å². The second kappa shape index (κ2) is 46.1. The zero-order valence-corrected chi connectivity index (χ0v) is 57.8. The molecule has 4 aromatic rings. The van der Waals surface area contributed by atoms with Gasteiger partial charge in [-0.05, 0) is 86.3 Å². The van der Waals surface area contributed by atoms with Crippen LogP contribution in [0.3, 0.4) is 0 Å². The van der Waals surface area contributed by atoms with Gasteiger partial charge in [-0.1, -0.05) is 30.7 Å². The van der Waals surface area contributed by atoms with Crippen molar-refractivity contribution in [3.05, 3.63) is 123 Å². The number of amides is 8. The lowest BCUT2D eigenvalue weighted by Crippen LogP contribution is -2.45. The first-order valence-corrected chi connectivity index (χ1v) is 34.3. The van der Waals surface area contributed by atoms with Gasteiger partial charge < -0.3 is 96.9 Å². The molecule has 30 nitrogen and oxygen atoms in total. The first kappa shape index (κ1) is 80.6. The second-order valence-corrected chi connectivity index (χ2v) is 23.9. The first-order valence-electron chi connectivity index (χ1n) is 34.3. The fourth-order valence-electron chi connectivity index (χ4n) is 11.2. The highest BCUT2D eigenvalue weighted by Crippen LogP contribution is 2.26. The molecule has 0 fully saturated rings. The number of nitrogens with one attached hydrogen (secondary N) is 8. The molecule has 0 aliphatic carbocycles. The van der Waals surface area contributed by atoms with Crippen LogP contribution in [0, 0.1) is 5.92 Å². The van der Waals surface area contributed by atoms with Crippen LogP contribution in [0.4, 0.5) is 0 Å². The van der Waals surface area contributed by atoms with Gasteiger partial charge in [-0.3, -0.25) is 53.1 Å². The lowest BCUT2D eigenvalue weighted by atomic mass is 9.97. The number of rotatable bonds is 25. The number of benzene rings is 4. The zero-order chi connectivity index (χ0) is 71.7. The number of aromatic hydroxyl groups is 3. The van der Waals surface area contributed by atoms with E-state index in [-0.39, 0.29) is 122 Å². The summed E-state index contributed by atoms with van der Waals surface area (Å²) in [5.41, 5.74) is 5.85. The van der Waals surface area contributed by atoms with E-state index in [9.17, 15) is 53.7 Å². The topological polar surface area (TPSA) is 388 Å². The lowest BCUT2D eigenvalue weighted by Gasteiger charge is -2.31. The number of fused-ring (bicyclic) bond motifs is 8. The molecule has 30 heteroatoms. The number of carbonyl (C=O) groups excluding carboxylic acids is 8. The molecule has 13 N–H and O–H groups in total. The molecule has 2 aliphatic rings. The third-order valence-electron chi connectivity index (χ3n) is 16.8. The third-order valence-corrected chi connectivity index (χ3v) is 16.8. The monoisotopic (exact) mass is 1400 g/mol. The predicted molar refractivity (Wildman–Crippen MR) is 373 cm³/mol. The Morgan fingerprint density at radius 3 is 1.01 bits per heavy atom. The standard InChI is InChI=1S/C70H103N13O17/c1-95-41-43-99-47-45-97-39-37-81-30-22-74-64(88)53-11-5-10-52(49-53)63(87)73-21-28-80(29-23-75-66(90)56-14-7-15-57(61(56)85)68(92)76-24-31-81)35-36-83-34-27-79-70(94)59-17-8-16-58(62(59)86)69(93)78-26-33-82(38-40-98-46-48-100-44-42-96-2)32-25-77-67(91)55-13-6-12-54(60(55)84)65(89)72-20-18-51(50-83)9-3-4-19-71/h5-8,10-17,49,51,84-86H,3-4,9,18-48,50,71H2,1-2H3,(H,72,89)(H,73,87)(H,74,88)(H,75,90)(H,76,92)(H,77,91)(H,78,93)(H,79,94). The van der Waals surface area contributed by atoms with Crippen LogP contribution in [0.25, 0.3) is 0 Å². The van der Waals surface area contributed by atoms with Crippen molar-refractivity contribution in [3.63, 3.8) is 0 Å². The highest BCUT2D eigenvalue weighted by Gasteiger charge is 2.25. The summed E-state index contributed by atoms with van der Waals surface area (Å²) >= 11 is 0. The summed E-state index contributed by atoms with van der Waals surface area (Å²) < 4.78 is 32.6. The van der Waals surface area contributed by atoms with Gasteiger partial charge in [0.1, 0.15) is 17.2 Å². The molecule has 0 radical (unpaired) electrons. The minimum absolute atomic E-state index is 0.0579. The van der Waals surface area contributed by atoms with Crippen molar-refractivity contribution in [1.29, 1.82) is 0 Å².